The van der Waals surface area contributed by atoms with Crippen molar-refractivity contribution >= 4 is 21.4 Å². The van der Waals surface area contributed by atoms with Crippen molar-refractivity contribution in [3.05, 3.63) is 24.3 Å². The summed E-state index contributed by atoms with van der Waals surface area (Å²) >= 11 is 0. The summed E-state index contributed by atoms with van der Waals surface area (Å²) in [5.41, 5.74) is 0.616. The van der Waals surface area contributed by atoms with E-state index in [1.54, 1.807) is 24.3 Å². The Kier molecular flexibility index (Phi) is 6.41. The summed E-state index contributed by atoms with van der Waals surface area (Å²) in [6, 6.07) is 7.01. The van der Waals surface area contributed by atoms with E-state index in [0.29, 0.717) is 18.0 Å². The van der Waals surface area contributed by atoms with Crippen LogP contribution in [0.15, 0.2) is 24.3 Å². The third kappa shape index (κ3) is 7.00. The van der Waals surface area contributed by atoms with Crippen LogP contribution < -0.4 is 10.1 Å². The molecule has 1 heterocycles. The summed E-state index contributed by atoms with van der Waals surface area (Å²) < 4.78 is 33.3. The molecule has 0 radical (unpaired) electrons. The quantitative estimate of drug-likeness (QED) is 0.820. The highest BCUT2D eigenvalue weighted by Crippen LogP contribution is 2.18. The third-order valence-electron chi connectivity index (χ3n) is 3.55. The summed E-state index contributed by atoms with van der Waals surface area (Å²) in [6.45, 7) is 1.33. The molecule has 1 N–H and O–H groups in total. The van der Waals surface area contributed by atoms with Gasteiger partial charge in [-0.3, -0.25) is 4.79 Å². The van der Waals surface area contributed by atoms with Gasteiger partial charge in [-0.05, 0) is 43.5 Å². The minimum atomic E-state index is -3.13. The number of hydrogen-bond acceptors (Lipinski definition) is 5. The van der Waals surface area contributed by atoms with Crippen LogP contribution in [0.25, 0.3) is 0 Å². The first-order valence-electron chi connectivity index (χ1n) is 7.74. The smallest absolute Gasteiger partial charge is 0.225 e. The van der Waals surface area contributed by atoms with Gasteiger partial charge < -0.3 is 14.8 Å². The van der Waals surface area contributed by atoms with E-state index in [1.807, 2.05) is 0 Å². The van der Waals surface area contributed by atoms with Gasteiger partial charge in [0.25, 0.3) is 0 Å². The lowest BCUT2D eigenvalue weighted by Crippen LogP contribution is -2.25. The van der Waals surface area contributed by atoms with Gasteiger partial charge >= 0.3 is 0 Å². The van der Waals surface area contributed by atoms with E-state index in [1.165, 1.54) is 6.42 Å². The molecule has 1 aliphatic rings. The molecule has 1 aliphatic heterocycles. The molecule has 128 valence electrons. The minimum Gasteiger partial charge on any atom is -0.491 e. The molecule has 1 unspecified atom stereocenters. The molecule has 1 aromatic carbocycles. The standard InChI is InChI=1S/C16H23NO5S/c1-23(19,20)11-9-16(18)17-13-5-7-14(8-6-13)22-12-15-4-2-3-10-21-15/h5-8,15H,2-4,9-12H2,1H3,(H,17,18). The van der Waals surface area contributed by atoms with E-state index in [4.69, 9.17) is 9.47 Å². The van der Waals surface area contributed by atoms with Gasteiger partial charge in [0.05, 0.1) is 11.9 Å². The Hall–Kier alpha value is -1.60. The molecular weight excluding hydrogens is 318 g/mol. The zero-order chi connectivity index (χ0) is 16.7. The van der Waals surface area contributed by atoms with E-state index >= 15 is 0 Å². The number of carbonyl (C=O) groups excluding carboxylic acids is 1. The number of amides is 1. The maximum atomic E-state index is 11.7. The average molecular weight is 341 g/mol. The Morgan fingerprint density at radius 3 is 2.65 bits per heavy atom. The molecule has 2 rings (SSSR count). The van der Waals surface area contributed by atoms with Crippen LogP contribution in [0.4, 0.5) is 5.69 Å². The number of carbonyl (C=O) groups is 1. The minimum absolute atomic E-state index is 0.0455. The van der Waals surface area contributed by atoms with Crippen LogP contribution in [-0.2, 0) is 19.4 Å². The van der Waals surface area contributed by atoms with Gasteiger partial charge in [-0.1, -0.05) is 0 Å². The van der Waals surface area contributed by atoms with Crippen molar-refractivity contribution < 1.29 is 22.7 Å². The number of hydrogen-bond donors (Lipinski definition) is 1. The lowest BCUT2D eigenvalue weighted by atomic mass is 10.1. The Labute approximate surface area is 137 Å². The monoisotopic (exact) mass is 341 g/mol. The number of sulfone groups is 1. The van der Waals surface area contributed by atoms with Crippen molar-refractivity contribution in [3.8, 4) is 5.75 Å². The molecule has 0 bridgehead atoms. The van der Waals surface area contributed by atoms with E-state index < -0.39 is 9.84 Å². The molecule has 0 saturated carbocycles. The van der Waals surface area contributed by atoms with Crippen LogP contribution in [0.5, 0.6) is 5.75 Å². The Bertz CT molecular complexity index is 606. The van der Waals surface area contributed by atoms with Crippen molar-refractivity contribution in [3.63, 3.8) is 0 Å². The summed E-state index contributed by atoms with van der Waals surface area (Å²) in [6.07, 6.45) is 4.53. The number of benzene rings is 1. The highest BCUT2D eigenvalue weighted by molar-refractivity contribution is 7.90. The summed E-state index contributed by atoms with van der Waals surface area (Å²) in [5.74, 6) is 0.245. The Balaban J connectivity index is 1.76. The predicted octanol–water partition coefficient (Wildman–Crippen LogP) is 2.01. The van der Waals surface area contributed by atoms with Crippen LogP contribution in [-0.4, -0.2) is 45.7 Å². The van der Waals surface area contributed by atoms with Crippen LogP contribution in [0.2, 0.25) is 0 Å². The largest absolute Gasteiger partial charge is 0.491 e. The van der Waals surface area contributed by atoms with E-state index in [0.717, 1.165) is 25.7 Å². The Morgan fingerprint density at radius 1 is 1.30 bits per heavy atom. The predicted molar refractivity (Wildman–Crippen MR) is 88.5 cm³/mol. The van der Waals surface area contributed by atoms with Crippen molar-refractivity contribution in [2.24, 2.45) is 0 Å². The van der Waals surface area contributed by atoms with E-state index in [-0.39, 0.29) is 24.2 Å². The second-order valence-electron chi connectivity index (χ2n) is 5.75. The normalized spacial score (nSPS) is 18.4. The number of rotatable bonds is 7. The van der Waals surface area contributed by atoms with Crippen molar-refractivity contribution in [1.82, 2.24) is 0 Å². The molecule has 1 atom stereocenters. The highest BCUT2D eigenvalue weighted by atomic mass is 32.2. The summed E-state index contributed by atoms with van der Waals surface area (Å²) in [5, 5.41) is 2.66. The van der Waals surface area contributed by atoms with Gasteiger partial charge in [0, 0.05) is 25.0 Å². The number of nitrogens with one attached hydrogen (secondary N) is 1. The zero-order valence-electron chi connectivity index (χ0n) is 13.3. The van der Waals surface area contributed by atoms with Crippen LogP contribution in [0, 0.1) is 0 Å². The molecule has 1 saturated heterocycles. The van der Waals surface area contributed by atoms with Gasteiger partial charge in [0.2, 0.25) is 5.91 Å². The molecule has 0 aromatic heterocycles. The van der Waals surface area contributed by atoms with Crippen LogP contribution in [0.1, 0.15) is 25.7 Å². The molecule has 0 spiro atoms. The van der Waals surface area contributed by atoms with E-state index in [2.05, 4.69) is 5.32 Å². The van der Waals surface area contributed by atoms with Crippen LogP contribution >= 0.6 is 0 Å². The fourth-order valence-corrected chi connectivity index (χ4v) is 2.82. The number of ether oxygens (including phenoxy) is 2. The maximum Gasteiger partial charge on any atom is 0.225 e. The van der Waals surface area contributed by atoms with Gasteiger partial charge in [-0.2, -0.15) is 0 Å². The average Bonchev–Trinajstić information content (AvgIpc) is 2.53. The molecule has 23 heavy (non-hydrogen) atoms. The molecular formula is C16H23NO5S. The SMILES string of the molecule is CS(=O)(=O)CCC(=O)Nc1ccc(OCC2CCCCO2)cc1. The van der Waals surface area contributed by atoms with Gasteiger partial charge in [0.15, 0.2) is 0 Å². The third-order valence-corrected chi connectivity index (χ3v) is 4.49. The van der Waals surface area contributed by atoms with Crippen molar-refractivity contribution in [2.75, 3.05) is 30.5 Å². The number of anilines is 1. The topological polar surface area (TPSA) is 81.7 Å². The first-order chi connectivity index (χ1) is 10.9. The highest BCUT2D eigenvalue weighted by Gasteiger charge is 2.14. The fraction of sp³-hybridized carbons (Fsp3) is 0.562. The zero-order valence-corrected chi connectivity index (χ0v) is 14.1. The van der Waals surface area contributed by atoms with Gasteiger partial charge in [0.1, 0.15) is 22.2 Å². The first-order valence-corrected chi connectivity index (χ1v) is 9.80. The van der Waals surface area contributed by atoms with Crippen molar-refractivity contribution in [2.45, 2.75) is 31.8 Å². The second kappa shape index (κ2) is 8.31. The molecule has 1 aromatic rings. The molecule has 1 amide bonds. The summed E-state index contributed by atoms with van der Waals surface area (Å²) in [4.78, 5) is 11.7. The van der Waals surface area contributed by atoms with E-state index in [9.17, 15) is 13.2 Å². The molecule has 7 heteroatoms. The second-order valence-corrected chi connectivity index (χ2v) is 8.01. The molecule has 0 aliphatic carbocycles. The van der Waals surface area contributed by atoms with Crippen LogP contribution in [0.3, 0.4) is 0 Å². The van der Waals surface area contributed by atoms with Crippen molar-refractivity contribution in [1.29, 1.82) is 0 Å². The lowest BCUT2D eigenvalue weighted by Gasteiger charge is -2.22. The summed E-state index contributed by atoms with van der Waals surface area (Å²) in [7, 11) is -3.13. The first kappa shape index (κ1) is 17.7. The molecule has 6 nitrogen and oxygen atoms in total. The lowest BCUT2D eigenvalue weighted by molar-refractivity contribution is -0.115. The fourth-order valence-electron chi connectivity index (χ4n) is 2.26. The maximum absolute atomic E-state index is 11.7. The van der Waals surface area contributed by atoms with Gasteiger partial charge in [-0.15, -0.1) is 0 Å². The van der Waals surface area contributed by atoms with Gasteiger partial charge in [-0.25, -0.2) is 8.42 Å². The Morgan fingerprint density at radius 2 is 2.04 bits per heavy atom. The molecule has 1 fully saturated rings.